The Balaban J connectivity index is 1.40. The number of likely N-dealkylation sites (tertiary alicyclic amines) is 2. The van der Waals surface area contributed by atoms with Crippen molar-refractivity contribution >= 4 is 11.8 Å². The molecule has 0 saturated carbocycles. The van der Waals surface area contributed by atoms with Crippen LogP contribution in [0.3, 0.4) is 0 Å². The zero-order chi connectivity index (χ0) is 22.9. The molecular weight excluding hydrogens is 423 g/mol. The molecule has 3 heterocycles. The Hall–Kier alpha value is -2.84. The number of piperidine rings is 2. The Morgan fingerprint density at radius 3 is 2.31 bits per heavy atom. The molecule has 2 fully saturated rings. The Morgan fingerprint density at radius 2 is 1.66 bits per heavy atom. The van der Waals surface area contributed by atoms with Crippen molar-refractivity contribution in [3.63, 3.8) is 0 Å². The van der Waals surface area contributed by atoms with Crippen LogP contribution in [0.1, 0.15) is 76.1 Å². The van der Waals surface area contributed by atoms with E-state index in [4.69, 9.17) is 4.42 Å². The van der Waals surface area contributed by atoms with Crippen LogP contribution in [0.25, 0.3) is 0 Å². The number of oxazole rings is 1. The molecule has 2 aliphatic heterocycles. The first-order valence-electron chi connectivity index (χ1n) is 11.0. The number of nitrogens with zero attached hydrogens (tertiary/aromatic N) is 3. The van der Waals surface area contributed by atoms with E-state index in [0.29, 0.717) is 43.3 Å². The van der Waals surface area contributed by atoms with Crippen LogP contribution in [0.5, 0.6) is 0 Å². The Morgan fingerprint density at radius 1 is 1.00 bits per heavy atom. The highest BCUT2D eigenvalue weighted by Crippen LogP contribution is 2.32. The SMILES string of the molecule is Cc1oc(C2CCN(C(=O)c3cccc(C(F)(F)F)c3)CC2)nc1C(=O)N1CCCCC1. The molecule has 32 heavy (non-hydrogen) atoms. The maximum atomic E-state index is 13.0. The zero-order valence-electron chi connectivity index (χ0n) is 18.0. The number of alkyl halides is 3. The molecule has 0 unspecified atom stereocenters. The van der Waals surface area contributed by atoms with Gasteiger partial charge in [0.2, 0.25) is 0 Å². The molecule has 0 spiro atoms. The quantitative estimate of drug-likeness (QED) is 0.684. The lowest BCUT2D eigenvalue weighted by atomic mass is 9.96. The summed E-state index contributed by atoms with van der Waals surface area (Å²) in [7, 11) is 0. The normalized spacial score (nSPS) is 18.1. The van der Waals surface area contributed by atoms with Gasteiger partial charge >= 0.3 is 6.18 Å². The summed E-state index contributed by atoms with van der Waals surface area (Å²) in [5.41, 5.74) is -0.455. The summed E-state index contributed by atoms with van der Waals surface area (Å²) in [5, 5.41) is 0. The molecule has 2 aliphatic rings. The second-order valence-corrected chi connectivity index (χ2v) is 8.45. The Bertz CT molecular complexity index is 988. The lowest BCUT2D eigenvalue weighted by molar-refractivity contribution is -0.137. The van der Waals surface area contributed by atoms with Crippen LogP contribution in [0.15, 0.2) is 28.7 Å². The van der Waals surface area contributed by atoms with Gasteiger partial charge < -0.3 is 14.2 Å². The number of aromatic nitrogens is 1. The van der Waals surface area contributed by atoms with E-state index in [1.807, 2.05) is 4.90 Å². The number of rotatable bonds is 3. The van der Waals surface area contributed by atoms with E-state index in [9.17, 15) is 22.8 Å². The summed E-state index contributed by atoms with van der Waals surface area (Å²) >= 11 is 0. The van der Waals surface area contributed by atoms with Gasteiger partial charge in [-0.1, -0.05) is 6.07 Å². The second-order valence-electron chi connectivity index (χ2n) is 8.45. The monoisotopic (exact) mass is 449 g/mol. The van der Waals surface area contributed by atoms with Gasteiger partial charge in [0.15, 0.2) is 11.6 Å². The number of halogens is 3. The summed E-state index contributed by atoms with van der Waals surface area (Å²) in [6, 6.07) is 4.50. The Kier molecular flexibility index (Phi) is 6.26. The molecule has 0 aliphatic carbocycles. The van der Waals surface area contributed by atoms with E-state index in [2.05, 4.69) is 4.98 Å². The van der Waals surface area contributed by atoms with Crippen LogP contribution in [-0.2, 0) is 6.18 Å². The van der Waals surface area contributed by atoms with E-state index in [-0.39, 0.29) is 17.4 Å². The van der Waals surface area contributed by atoms with Crippen LogP contribution < -0.4 is 0 Å². The van der Waals surface area contributed by atoms with Crippen LogP contribution >= 0.6 is 0 Å². The number of hydrogen-bond acceptors (Lipinski definition) is 4. The van der Waals surface area contributed by atoms with Crippen LogP contribution in [0.4, 0.5) is 13.2 Å². The van der Waals surface area contributed by atoms with Crippen molar-refractivity contribution in [3.8, 4) is 0 Å². The minimum absolute atomic E-state index is 0.0275. The molecule has 4 rings (SSSR count). The molecule has 6 nitrogen and oxygen atoms in total. The molecule has 1 aromatic heterocycles. The third kappa shape index (κ3) is 4.66. The largest absolute Gasteiger partial charge is 0.445 e. The number of benzene rings is 1. The maximum Gasteiger partial charge on any atom is 0.416 e. The molecule has 2 aromatic rings. The minimum Gasteiger partial charge on any atom is -0.445 e. The second kappa shape index (κ2) is 8.96. The third-order valence-electron chi connectivity index (χ3n) is 6.23. The first-order chi connectivity index (χ1) is 15.2. The average Bonchev–Trinajstić information content (AvgIpc) is 3.20. The predicted molar refractivity (Wildman–Crippen MR) is 110 cm³/mol. The van der Waals surface area contributed by atoms with E-state index >= 15 is 0 Å². The molecule has 2 amide bonds. The summed E-state index contributed by atoms with van der Waals surface area (Å²) < 4.78 is 44.7. The number of aryl methyl sites for hydroxylation is 1. The van der Waals surface area contributed by atoms with Crippen LogP contribution in [0, 0.1) is 6.92 Å². The first kappa shape index (κ1) is 22.4. The number of carbonyl (C=O) groups excluding carboxylic acids is 2. The highest BCUT2D eigenvalue weighted by molar-refractivity contribution is 5.94. The van der Waals surface area contributed by atoms with Gasteiger partial charge in [0.25, 0.3) is 11.8 Å². The molecule has 1 aromatic carbocycles. The minimum atomic E-state index is -4.49. The average molecular weight is 449 g/mol. The van der Waals surface area contributed by atoms with Crippen LogP contribution in [0.2, 0.25) is 0 Å². The molecule has 2 saturated heterocycles. The van der Waals surface area contributed by atoms with E-state index < -0.39 is 17.6 Å². The molecule has 9 heteroatoms. The van der Waals surface area contributed by atoms with Crippen molar-refractivity contribution in [1.29, 1.82) is 0 Å². The van der Waals surface area contributed by atoms with Crippen molar-refractivity contribution in [2.75, 3.05) is 26.2 Å². The van der Waals surface area contributed by atoms with E-state index in [1.165, 1.54) is 12.1 Å². The number of carbonyl (C=O) groups is 2. The van der Waals surface area contributed by atoms with Gasteiger partial charge in [-0.2, -0.15) is 13.2 Å². The van der Waals surface area contributed by atoms with Gasteiger partial charge in [0.05, 0.1) is 5.56 Å². The molecular formula is C23H26F3N3O3. The maximum absolute atomic E-state index is 13.0. The number of hydrogen-bond donors (Lipinski definition) is 0. The van der Waals surface area contributed by atoms with E-state index in [0.717, 1.165) is 44.5 Å². The van der Waals surface area contributed by atoms with Crippen molar-refractivity contribution in [3.05, 3.63) is 52.7 Å². The van der Waals surface area contributed by atoms with Gasteiger partial charge in [-0.25, -0.2) is 4.98 Å². The summed E-state index contributed by atoms with van der Waals surface area (Å²) in [5.74, 6) is 0.433. The smallest absolute Gasteiger partial charge is 0.416 e. The van der Waals surface area contributed by atoms with Gasteiger partial charge in [-0.05, 0) is 57.2 Å². The molecule has 0 radical (unpaired) electrons. The van der Waals surface area contributed by atoms with Crippen molar-refractivity contribution < 1.29 is 27.2 Å². The van der Waals surface area contributed by atoms with Gasteiger partial charge in [-0.15, -0.1) is 0 Å². The van der Waals surface area contributed by atoms with Gasteiger partial charge in [-0.3, -0.25) is 9.59 Å². The molecule has 0 bridgehead atoms. The van der Waals surface area contributed by atoms with Gasteiger partial charge in [0, 0.05) is 37.7 Å². The van der Waals surface area contributed by atoms with Gasteiger partial charge in [0.1, 0.15) is 5.76 Å². The lowest BCUT2D eigenvalue weighted by Crippen LogP contribution is -2.38. The highest BCUT2D eigenvalue weighted by atomic mass is 19.4. The molecule has 0 N–H and O–H groups in total. The summed E-state index contributed by atoms with van der Waals surface area (Å²) in [4.78, 5) is 33.4. The molecule has 172 valence electrons. The zero-order valence-corrected chi connectivity index (χ0v) is 18.0. The van der Waals surface area contributed by atoms with Crippen LogP contribution in [-0.4, -0.2) is 52.8 Å². The predicted octanol–water partition coefficient (Wildman–Crippen LogP) is 4.65. The standard InChI is InChI=1S/C23H26F3N3O3/c1-15-19(22(31)28-10-3-2-4-11-28)27-20(32-15)16-8-12-29(13-9-16)21(30)17-6-5-7-18(14-17)23(24,25)26/h5-7,14,16H,2-4,8-13H2,1H3. The van der Waals surface area contributed by atoms with Crippen molar-refractivity contribution in [2.24, 2.45) is 0 Å². The molecule has 0 atom stereocenters. The lowest BCUT2D eigenvalue weighted by Gasteiger charge is -2.30. The fourth-order valence-electron chi connectivity index (χ4n) is 4.38. The Labute approximate surface area is 184 Å². The topological polar surface area (TPSA) is 66.7 Å². The first-order valence-corrected chi connectivity index (χ1v) is 11.0. The third-order valence-corrected chi connectivity index (χ3v) is 6.23. The summed E-state index contributed by atoms with van der Waals surface area (Å²) in [6.07, 6.45) is -0.230. The number of amides is 2. The van der Waals surface area contributed by atoms with E-state index in [1.54, 1.807) is 11.8 Å². The highest BCUT2D eigenvalue weighted by Gasteiger charge is 2.33. The fraction of sp³-hybridized carbons (Fsp3) is 0.522. The summed E-state index contributed by atoms with van der Waals surface area (Å²) in [6.45, 7) is 3.97. The van der Waals surface area contributed by atoms with Crippen molar-refractivity contribution in [1.82, 2.24) is 14.8 Å². The van der Waals surface area contributed by atoms with Crippen molar-refractivity contribution in [2.45, 2.75) is 51.1 Å². The fourth-order valence-corrected chi connectivity index (χ4v) is 4.38.